The van der Waals surface area contributed by atoms with Gasteiger partial charge in [-0.1, -0.05) is 12.1 Å². The zero-order valence-corrected chi connectivity index (χ0v) is 12.5. The Kier molecular flexibility index (Phi) is 4.45. The van der Waals surface area contributed by atoms with E-state index in [1.165, 1.54) is 0 Å². The smallest absolute Gasteiger partial charge is 0.141 e. The molecule has 0 aromatic heterocycles. The fraction of sp³-hybridized carbons (Fsp3) is 0.200. The minimum atomic E-state index is 0.448. The van der Waals surface area contributed by atoms with Crippen molar-refractivity contribution in [3.63, 3.8) is 0 Å². The molecule has 2 aromatic rings. The van der Waals surface area contributed by atoms with E-state index in [9.17, 15) is 0 Å². The van der Waals surface area contributed by atoms with E-state index in [-0.39, 0.29) is 0 Å². The predicted octanol–water partition coefficient (Wildman–Crippen LogP) is 4.02. The van der Waals surface area contributed by atoms with Crippen LogP contribution in [0.3, 0.4) is 0 Å². The van der Waals surface area contributed by atoms with E-state index >= 15 is 0 Å². The monoisotopic (exact) mass is 321 g/mol. The summed E-state index contributed by atoms with van der Waals surface area (Å²) in [7, 11) is 1.63. The van der Waals surface area contributed by atoms with Gasteiger partial charge in [0.25, 0.3) is 0 Å². The van der Waals surface area contributed by atoms with Gasteiger partial charge in [-0.2, -0.15) is 0 Å². The number of aryl methyl sites for hydroxylation is 1. The molecule has 0 aliphatic carbocycles. The van der Waals surface area contributed by atoms with Crippen LogP contribution in [-0.4, -0.2) is 7.11 Å². The molecular weight excluding hydrogens is 306 g/mol. The number of hydrogen-bond donors (Lipinski definition) is 1. The van der Waals surface area contributed by atoms with Gasteiger partial charge in [0.15, 0.2) is 0 Å². The van der Waals surface area contributed by atoms with Crippen LogP contribution in [0.2, 0.25) is 0 Å². The first-order valence-corrected chi connectivity index (χ1v) is 6.74. The summed E-state index contributed by atoms with van der Waals surface area (Å²) >= 11 is 3.47. The summed E-state index contributed by atoms with van der Waals surface area (Å²) in [5.74, 6) is 2.30. The molecule has 2 rings (SSSR count). The van der Waals surface area contributed by atoms with Gasteiger partial charge in [-0.15, -0.1) is 0 Å². The van der Waals surface area contributed by atoms with Crippen molar-refractivity contribution in [2.24, 2.45) is 5.73 Å². The largest absolute Gasteiger partial charge is 0.497 e. The van der Waals surface area contributed by atoms with E-state index in [2.05, 4.69) is 15.9 Å². The highest BCUT2D eigenvalue weighted by molar-refractivity contribution is 9.10. The Labute approximate surface area is 121 Å². The van der Waals surface area contributed by atoms with Gasteiger partial charge in [0.1, 0.15) is 17.2 Å². The topological polar surface area (TPSA) is 44.5 Å². The lowest BCUT2D eigenvalue weighted by atomic mass is 10.1. The van der Waals surface area contributed by atoms with E-state index < -0.39 is 0 Å². The highest BCUT2D eigenvalue weighted by atomic mass is 79.9. The minimum Gasteiger partial charge on any atom is -0.497 e. The second kappa shape index (κ2) is 6.08. The molecule has 0 unspecified atom stereocenters. The Morgan fingerprint density at radius 1 is 1.11 bits per heavy atom. The van der Waals surface area contributed by atoms with E-state index in [4.69, 9.17) is 15.2 Å². The van der Waals surface area contributed by atoms with Gasteiger partial charge < -0.3 is 15.2 Å². The van der Waals surface area contributed by atoms with Gasteiger partial charge in [-0.05, 0) is 52.7 Å². The zero-order chi connectivity index (χ0) is 13.8. The van der Waals surface area contributed by atoms with Crippen LogP contribution in [0.5, 0.6) is 17.2 Å². The first-order chi connectivity index (χ1) is 9.13. The molecule has 2 aromatic carbocycles. The average molecular weight is 322 g/mol. The maximum atomic E-state index is 5.93. The molecule has 2 N–H and O–H groups in total. The average Bonchev–Trinajstić information content (AvgIpc) is 2.41. The van der Waals surface area contributed by atoms with Crippen molar-refractivity contribution >= 4 is 15.9 Å². The van der Waals surface area contributed by atoms with Crippen LogP contribution in [0.25, 0.3) is 0 Å². The number of halogens is 1. The lowest BCUT2D eigenvalue weighted by molar-refractivity contribution is 0.412. The van der Waals surface area contributed by atoms with Gasteiger partial charge in [0, 0.05) is 12.1 Å². The van der Waals surface area contributed by atoms with Crippen LogP contribution in [0.4, 0.5) is 0 Å². The lowest BCUT2D eigenvalue weighted by Crippen LogP contribution is -2.00. The molecule has 4 heteroatoms. The van der Waals surface area contributed by atoms with Crippen LogP contribution < -0.4 is 15.2 Å². The quantitative estimate of drug-likeness (QED) is 0.925. The maximum Gasteiger partial charge on any atom is 0.141 e. The van der Waals surface area contributed by atoms with Gasteiger partial charge >= 0.3 is 0 Å². The van der Waals surface area contributed by atoms with Crippen molar-refractivity contribution in [3.05, 3.63) is 52.0 Å². The number of hydrogen-bond acceptors (Lipinski definition) is 3. The molecule has 0 saturated heterocycles. The summed E-state index contributed by atoms with van der Waals surface area (Å²) in [4.78, 5) is 0. The molecule has 0 saturated carbocycles. The Bertz CT molecular complexity index is 584. The van der Waals surface area contributed by atoms with E-state index in [1.807, 2.05) is 43.3 Å². The van der Waals surface area contributed by atoms with Crippen molar-refractivity contribution < 1.29 is 9.47 Å². The van der Waals surface area contributed by atoms with E-state index in [0.29, 0.717) is 6.54 Å². The molecule has 0 amide bonds. The molecule has 0 radical (unpaired) electrons. The third-order valence-corrected chi connectivity index (χ3v) is 3.42. The molecule has 0 aliphatic heterocycles. The molecule has 19 heavy (non-hydrogen) atoms. The van der Waals surface area contributed by atoms with Crippen LogP contribution >= 0.6 is 15.9 Å². The predicted molar refractivity (Wildman–Crippen MR) is 79.8 cm³/mol. The Balaban J connectivity index is 2.33. The van der Waals surface area contributed by atoms with Crippen molar-refractivity contribution in [1.82, 2.24) is 0 Å². The zero-order valence-electron chi connectivity index (χ0n) is 10.9. The number of ether oxygens (including phenoxy) is 2. The second-order valence-corrected chi connectivity index (χ2v) is 5.07. The Morgan fingerprint density at radius 2 is 1.89 bits per heavy atom. The van der Waals surface area contributed by atoms with Gasteiger partial charge in [-0.3, -0.25) is 0 Å². The van der Waals surface area contributed by atoms with Crippen molar-refractivity contribution in [1.29, 1.82) is 0 Å². The molecule has 0 bridgehead atoms. The first-order valence-electron chi connectivity index (χ1n) is 5.95. The van der Waals surface area contributed by atoms with Crippen molar-refractivity contribution in [2.45, 2.75) is 13.5 Å². The normalized spacial score (nSPS) is 10.3. The molecule has 0 aliphatic rings. The van der Waals surface area contributed by atoms with Crippen molar-refractivity contribution in [2.75, 3.05) is 7.11 Å². The summed E-state index contributed by atoms with van der Waals surface area (Å²) in [6, 6.07) is 11.6. The third kappa shape index (κ3) is 3.28. The third-order valence-electron chi connectivity index (χ3n) is 2.80. The highest BCUT2D eigenvalue weighted by Gasteiger charge is 2.08. The van der Waals surface area contributed by atoms with Crippen LogP contribution in [-0.2, 0) is 6.54 Å². The molecule has 0 atom stereocenters. The standard InChI is InChI=1S/C15H16BrNO2/c1-10-3-4-11(9-17)15(7-10)19-14-6-5-12(18-2)8-13(14)16/h3-8H,9,17H2,1-2H3. The molecule has 0 fully saturated rings. The number of benzene rings is 2. The number of nitrogens with two attached hydrogens (primary N) is 1. The van der Waals surface area contributed by atoms with Crippen molar-refractivity contribution in [3.8, 4) is 17.2 Å². The Hall–Kier alpha value is -1.52. The molecule has 3 nitrogen and oxygen atoms in total. The van der Waals surface area contributed by atoms with Crippen LogP contribution in [0.15, 0.2) is 40.9 Å². The summed E-state index contributed by atoms with van der Waals surface area (Å²) in [6.07, 6.45) is 0. The summed E-state index contributed by atoms with van der Waals surface area (Å²) < 4.78 is 11.9. The SMILES string of the molecule is COc1ccc(Oc2cc(C)ccc2CN)c(Br)c1. The van der Waals surface area contributed by atoms with Gasteiger partial charge in [0.2, 0.25) is 0 Å². The van der Waals surface area contributed by atoms with Crippen LogP contribution in [0.1, 0.15) is 11.1 Å². The fourth-order valence-electron chi connectivity index (χ4n) is 1.74. The van der Waals surface area contributed by atoms with Gasteiger partial charge in [0.05, 0.1) is 11.6 Å². The summed E-state index contributed by atoms with van der Waals surface area (Å²) in [5, 5.41) is 0. The lowest BCUT2D eigenvalue weighted by Gasteiger charge is -2.13. The fourth-order valence-corrected chi connectivity index (χ4v) is 2.17. The highest BCUT2D eigenvalue weighted by Crippen LogP contribution is 2.34. The van der Waals surface area contributed by atoms with Crippen LogP contribution in [0, 0.1) is 6.92 Å². The first kappa shape index (κ1) is 13.9. The number of rotatable bonds is 4. The summed E-state index contributed by atoms with van der Waals surface area (Å²) in [6.45, 7) is 2.47. The summed E-state index contributed by atoms with van der Waals surface area (Å²) in [5.41, 5.74) is 7.84. The number of methoxy groups -OCH3 is 1. The molecule has 0 heterocycles. The van der Waals surface area contributed by atoms with E-state index in [1.54, 1.807) is 7.11 Å². The molecule has 100 valence electrons. The minimum absolute atomic E-state index is 0.448. The second-order valence-electron chi connectivity index (χ2n) is 4.21. The maximum absolute atomic E-state index is 5.93. The molecular formula is C15H16BrNO2. The van der Waals surface area contributed by atoms with Gasteiger partial charge in [-0.25, -0.2) is 0 Å². The Morgan fingerprint density at radius 3 is 2.53 bits per heavy atom. The van der Waals surface area contributed by atoms with E-state index in [0.717, 1.165) is 32.8 Å². The molecule has 0 spiro atoms.